The molecule has 1 aromatic rings. The van der Waals surface area contributed by atoms with Gasteiger partial charge in [-0.3, -0.25) is 4.79 Å². The van der Waals surface area contributed by atoms with E-state index in [4.69, 9.17) is 0 Å². The summed E-state index contributed by atoms with van der Waals surface area (Å²) in [5.74, 6) is -2.67. The minimum atomic E-state index is -1.09. The smallest absolute Gasteiger partial charge is 0.254 e. The van der Waals surface area contributed by atoms with Crippen LogP contribution in [0.15, 0.2) is 18.2 Å². The first-order valence-electron chi connectivity index (χ1n) is 5.64. The van der Waals surface area contributed by atoms with Gasteiger partial charge >= 0.3 is 0 Å². The van der Waals surface area contributed by atoms with E-state index in [9.17, 15) is 13.6 Å². The molecule has 6 heteroatoms. The maximum atomic E-state index is 13.3. The fraction of sp³-hybridized carbons (Fsp3) is 0.417. The van der Waals surface area contributed by atoms with Gasteiger partial charge in [0.05, 0.1) is 5.56 Å². The molecule has 0 aliphatic carbocycles. The van der Waals surface area contributed by atoms with Gasteiger partial charge in [0.15, 0.2) is 11.6 Å². The topological polar surface area (TPSA) is 41.1 Å². The number of halogens is 3. The van der Waals surface area contributed by atoms with Crippen molar-refractivity contribution in [2.45, 2.75) is 18.9 Å². The molecule has 0 radical (unpaired) electrons. The lowest BCUT2D eigenvalue weighted by molar-refractivity contribution is 0.0945. The van der Waals surface area contributed by atoms with Crippen LogP contribution in [0.5, 0.6) is 0 Å². The van der Waals surface area contributed by atoms with Crippen molar-refractivity contribution in [3.8, 4) is 0 Å². The zero-order chi connectivity index (χ0) is 12.3. The van der Waals surface area contributed by atoms with Crippen molar-refractivity contribution >= 4 is 18.3 Å². The Morgan fingerprint density at radius 3 is 2.89 bits per heavy atom. The molecular weight excluding hydrogens is 262 g/mol. The number of rotatable bonds is 3. The van der Waals surface area contributed by atoms with E-state index < -0.39 is 17.5 Å². The zero-order valence-corrected chi connectivity index (χ0v) is 10.5. The SMILES string of the molecule is Cl.O=C(NCC1CCCN1)c1cccc(F)c1F. The predicted octanol–water partition coefficient (Wildman–Crippen LogP) is 1.87. The van der Waals surface area contributed by atoms with E-state index in [2.05, 4.69) is 10.6 Å². The molecule has 1 aromatic carbocycles. The molecule has 0 spiro atoms. The average Bonchev–Trinajstić information content (AvgIpc) is 2.82. The van der Waals surface area contributed by atoms with Crippen LogP contribution in [0.1, 0.15) is 23.2 Å². The molecule has 0 bridgehead atoms. The fourth-order valence-electron chi connectivity index (χ4n) is 1.92. The highest BCUT2D eigenvalue weighted by molar-refractivity contribution is 5.94. The Hall–Kier alpha value is -1.20. The van der Waals surface area contributed by atoms with Crippen molar-refractivity contribution in [2.24, 2.45) is 0 Å². The molecule has 1 fully saturated rings. The number of nitrogens with one attached hydrogen (secondary N) is 2. The number of carbonyl (C=O) groups is 1. The second kappa shape index (κ2) is 6.66. The zero-order valence-electron chi connectivity index (χ0n) is 9.71. The minimum Gasteiger partial charge on any atom is -0.350 e. The Kier molecular flexibility index (Phi) is 5.50. The van der Waals surface area contributed by atoms with Gasteiger partial charge in [0.2, 0.25) is 0 Å². The average molecular weight is 277 g/mol. The monoisotopic (exact) mass is 276 g/mol. The molecule has 1 heterocycles. The van der Waals surface area contributed by atoms with Crippen LogP contribution >= 0.6 is 12.4 Å². The quantitative estimate of drug-likeness (QED) is 0.885. The highest BCUT2D eigenvalue weighted by Gasteiger charge is 2.18. The number of benzene rings is 1. The molecule has 1 unspecified atom stereocenters. The van der Waals surface area contributed by atoms with Crippen molar-refractivity contribution < 1.29 is 13.6 Å². The van der Waals surface area contributed by atoms with E-state index in [-0.39, 0.29) is 24.0 Å². The van der Waals surface area contributed by atoms with Crippen LogP contribution in [0.4, 0.5) is 8.78 Å². The van der Waals surface area contributed by atoms with Crippen LogP contribution < -0.4 is 10.6 Å². The van der Waals surface area contributed by atoms with Crippen LogP contribution in [-0.2, 0) is 0 Å². The van der Waals surface area contributed by atoms with E-state index in [0.29, 0.717) is 6.54 Å². The first kappa shape index (κ1) is 14.9. The van der Waals surface area contributed by atoms with Crippen LogP contribution in [0.2, 0.25) is 0 Å². The van der Waals surface area contributed by atoms with E-state index in [1.165, 1.54) is 12.1 Å². The molecule has 1 amide bonds. The number of amides is 1. The molecule has 2 N–H and O–H groups in total. The largest absolute Gasteiger partial charge is 0.350 e. The fourth-order valence-corrected chi connectivity index (χ4v) is 1.92. The van der Waals surface area contributed by atoms with E-state index in [1.54, 1.807) is 0 Å². The number of carbonyl (C=O) groups excluding carboxylic acids is 1. The van der Waals surface area contributed by atoms with E-state index in [0.717, 1.165) is 25.5 Å². The summed E-state index contributed by atoms with van der Waals surface area (Å²) >= 11 is 0. The van der Waals surface area contributed by atoms with Crippen molar-refractivity contribution in [1.82, 2.24) is 10.6 Å². The maximum absolute atomic E-state index is 13.3. The van der Waals surface area contributed by atoms with E-state index >= 15 is 0 Å². The third kappa shape index (κ3) is 3.40. The van der Waals surface area contributed by atoms with Gasteiger partial charge in [0.25, 0.3) is 5.91 Å². The Balaban J connectivity index is 0.00000162. The minimum absolute atomic E-state index is 0. The van der Waals surface area contributed by atoms with Gasteiger partial charge in [-0.15, -0.1) is 12.4 Å². The Morgan fingerprint density at radius 1 is 1.44 bits per heavy atom. The second-order valence-corrected chi connectivity index (χ2v) is 4.10. The summed E-state index contributed by atoms with van der Waals surface area (Å²) < 4.78 is 26.2. The maximum Gasteiger partial charge on any atom is 0.254 e. The van der Waals surface area contributed by atoms with Crippen molar-refractivity contribution in [3.63, 3.8) is 0 Å². The van der Waals surface area contributed by atoms with Crippen molar-refractivity contribution in [3.05, 3.63) is 35.4 Å². The standard InChI is InChI=1S/C12H14F2N2O.ClH/c13-10-5-1-4-9(11(10)14)12(17)16-7-8-3-2-6-15-8;/h1,4-5,8,15H,2-3,6-7H2,(H,16,17);1H. The third-order valence-electron chi connectivity index (χ3n) is 2.87. The van der Waals surface area contributed by atoms with Gasteiger partial charge in [-0.25, -0.2) is 8.78 Å². The molecule has 1 saturated heterocycles. The number of hydrogen-bond donors (Lipinski definition) is 2. The molecule has 2 rings (SSSR count). The Morgan fingerprint density at radius 2 is 2.22 bits per heavy atom. The highest BCUT2D eigenvalue weighted by Crippen LogP contribution is 2.11. The van der Waals surface area contributed by atoms with Gasteiger partial charge in [-0.05, 0) is 31.5 Å². The summed E-state index contributed by atoms with van der Waals surface area (Å²) in [6.45, 7) is 1.38. The molecule has 0 saturated carbocycles. The van der Waals surface area contributed by atoms with E-state index in [1.807, 2.05) is 0 Å². The van der Waals surface area contributed by atoms with Gasteiger partial charge in [-0.2, -0.15) is 0 Å². The van der Waals surface area contributed by atoms with Crippen molar-refractivity contribution in [2.75, 3.05) is 13.1 Å². The Bertz CT molecular complexity index is 423. The van der Waals surface area contributed by atoms with Crippen LogP contribution in [0.25, 0.3) is 0 Å². The summed E-state index contributed by atoms with van der Waals surface area (Å²) in [5, 5.41) is 5.81. The first-order valence-corrected chi connectivity index (χ1v) is 5.64. The molecule has 18 heavy (non-hydrogen) atoms. The Labute approximate surface area is 110 Å². The van der Waals surface area contributed by atoms with Gasteiger partial charge < -0.3 is 10.6 Å². The molecular formula is C12H15ClF2N2O. The molecule has 100 valence electrons. The summed E-state index contributed by atoms with van der Waals surface area (Å²) in [7, 11) is 0. The van der Waals surface area contributed by atoms with Crippen LogP contribution in [0.3, 0.4) is 0 Å². The molecule has 1 aliphatic heterocycles. The molecule has 1 aliphatic rings. The lowest BCUT2D eigenvalue weighted by Gasteiger charge is -2.11. The molecule has 1 atom stereocenters. The number of hydrogen-bond acceptors (Lipinski definition) is 2. The lowest BCUT2D eigenvalue weighted by Crippen LogP contribution is -2.37. The normalized spacial score (nSPS) is 18.2. The molecule has 0 aromatic heterocycles. The third-order valence-corrected chi connectivity index (χ3v) is 2.87. The molecule has 3 nitrogen and oxygen atoms in total. The van der Waals surface area contributed by atoms with Crippen LogP contribution in [0, 0.1) is 11.6 Å². The first-order chi connectivity index (χ1) is 8.18. The van der Waals surface area contributed by atoms with Crippen LogP contribution in [-0.4, -0.2) is 25.0 Å². The summed E-state index contributed by atoms with van der Waals surface area (Å²) in [6.07, 6.45) is 2.07. The van der Waals surface area contributed by atoms with Gasteiger partial charge in [0, 0.05) is 12.6 Å². The van der Waals surface area contributed by atoms with Gasteiger partial charge in [0.1, 0.15) is 0 Å². The summed E-state index contributed by atoms with van der Waals surface area (Å²) in [5.41, 5.74) is -0.247. The lowest BCUT2D eigenvalue weighted by atomic mass is 10.1. The van der Waals surface area contributed by atoms with Gasteiger partial charge in [-0.1, -0.05) is 6.07 Å². The second-order valence-electron chi connectivity index (χ2n) is 4.10. The predicted molar refractivity (Wildman–Crippen MR) is 67.0 cm³/mol. The van der Waals surface area contributed by atoms with Crippen molar-refractivity contribution in [1.29, 1.82) is 0 Å². The summed E-state index contributed by atoms with van der Waals surface area (Å²) in [6, 6.07) is 3.82. The highest BCUT2D eigenvalue weighted by atomic mass is 35.5. The summed E-state index contributed by atoms with van der Waals surface area (Å²) in [4.78, 5) is 11.6.